The van der Waals surface area contributed by atoms with Crippen LogP contribution in [0, 0.1) is 5.92 Å². The van der Waals surface area contributed by atoms with E-state index < -0.39 is 0 Å². The number of nitrogens with zero attached hydrogens (tertiary/aromatic N) is 1. The highest BCUT2D eigenvalue weighted by molar-refractivity contribution is 5.95. The Hall–Kier alpha value is -2.43. The molecule has 1 saturated carbocycles. The predicted octanol–water partition coefficient (Wildman–Crippen LogP) is 1.90. The van der Waals surface area contributed by atoms with E-state index in [4.69, 9.17) is 0 Å². The van der Waals surface area contributed by atoms with Gasteiger partial charge in [0.15, 0.2) is 0 Å². The maximum atomic E-state index is 12.4. The molecule has 0 saturated heterocycles. The van der Waals surface area contributed by atoms with Crippen LogP contribution < -0.4 is 10.9 Å². The van der Waals surface area contributed by atoms with Gasteiger partial charge in [-0.05, 0) is 24.3 Å². The minimum absolute atomic E-state index is 0.118. The summed E-state index contributed by atoms with van der Waals surface area (Å²) in [5, 5.41) is 2.70. The smallest absolute Gasteiger partial charge is 0.252 e. The Kier molecular flexibility index (Phi) is 3.33. The molecule has 1 fully saturated rings. The molecule has 1 unspecified atom stereocenters. The van der Waals surface area contributed by atoms with E-state index in [1.807, 2.05) is 30.3 Å². The third kappa shape index (κ3) is 2.77. The van der Waals surface area contributed by atoms with E-state index in [1.54, 1.807) is 0 Å². The van der Waals surface area contributed by atoms with Crippen LogP contribution in [0.25, 0.3) is 0 Å². The van der Waals surface area contributed by atoms with Crippen LogP contribution in [0.1, 0.15) is 24.3 Å². The highest BCUT2D eigenvalue weighted by atomic mass is 16.2. The van der Waals surface area contributed by atoms with Crippen LogP contribution in [0.3, 0.4) is 0 Å². The SMILES string of the molecule is O=C(Nc1nccc(=O)[nH]1)C(c1ccccc1)C1CC1. The van der Waals surface area contributed by atoms with E-state index >= 15 is 0 Å². The number of nitrogens with one attached hydrogen (secondary N) is 2. The Balaban J connectivity index is 1.82. The molecule has 2 N–H and O–H groups in total. The van der Waals surface area contributed by atoms with Crippen molar-refractivity contribution < 1.29 is 4.79 Å². The Morgan fingerprint density at radius 1 is 1.25 bits per heavy atom. The molecule has 5 heteroatoms. The fourth-order valence-electron chi connectivity index (χ4n) is 2.36. The predicted molar refractivity (Wildman–Crippen MR) is 75.4 cm³/mol. The van der Waals surface area contributed by atoms with Crippen molar-refractivity contribution in [2.24, 2.45) is 5.92 Å². The molecular weight excluding hydrogens is 254 g/mol. The van der Waals surface area contributed by atoms with Gasteiger partial charge in [-0.1, -0.05) is 30.3 Å². The topological polar surface area (TPSA) is 74.8 Å². The van der Waals surface area contributed by atoms with Gasteiger partial charge in [-0.3, -0.25) is 19.9 Å². The quantitative estimate of drug-likeness (QED) is 0.890. The van der Waals surface area contributed by atoms with Crippen molar-refractivity contribution in [3.63, 3.8) is 0 Å². The van der Waals surface area contributed by atoms with E-state index in [2.05, 4.69) is 15.3 Å². The summed E-state index contributed by atoms with van der Waals surface area (Å²) in [6, 6.07) is 11.0. The first-order valence-corrected chi connectivity index (χ1v) is 6.65. The van der Waals surface area contributed by atoms with Crippen molar-refractivity contribution in [3.8, 4) is 0 Å². The van der Waals surface area contributed by atoms with Crippen LogP contribution >= 0.6 is 0 Å². The van der Waals surface area contributed by atoms with Crippen molar-refractivity contribution in [1.82, 2.24) is 9.97 Å². The van der Waals surface area contributed by atoms with Crippen molar-refractivity contribution in [2.75, 3.05) is 5.32 Å². The zero-order valence-electron chi connectivity index (χ0n) is 10.9. The molecule has 0 spiro atoms. The second-order valence-electron chi connectivity index (χ2n) is 5.00. The van der Waals surface area contributed by atoms with Gasteiger partial charge < -0.3 is 0 Å². The number of benzene rings is 1. The average Bonchev–Trinajstić information content (AvgIpc) is 3.25. The van der Waals surface area contributed by atoms with Crippen molar-refractivity contribution in [1.29, 1.82) is 0 Å². The molecule has 5 nitrogen and oxygen atoms in total. The molecule has 1 amide bonds. The normalized spacial score (nSPS) is 15.6. The van der Waals surface area contributed by atoms with Crippen LogP contribution in [-0.4, -0.2) is 15.9 Å². The van der Waals surface area contributed by atoms with Gasteiger partial charge in [0.05, 0.1) is 5.92 Å². The molecule has 102 valence electrons. The van der Waals surface area contributed by atoms with Crippen LogP contribution in [0.4, 0.5) is 5.95 Å². The molecule has 0 bridgehead atoms. The van der Waals surface area contributed by atoms with Crippen molar-refractivity contribution in [3.05, 3.63) is 58.5 Å². The van der Waals surface area contributed by atoms with Crippen LogP contribution in [0.5, 0.6) is 0 Å². The first-order chi connectivity index (χ1) is 9.74. The molecule has 3 rings (SSSR count). The summed E-state index contributed by atoms with van der Waals surface area (Å²) in [5.41, 5.74) is 0.726. The second-order valence-corrected chi connectivity index (χ2v) is 5.00. The van der Waals surface area contributed by atoms with Crippen molar-refractivity contribution >= 4 is 11.9 Å². The van der Waals surface area contributed by atoms with E-state index in [9.17, 15) is 9.59 Å². The summed E-state index contributed by atoms with van der Waals surface area (Å²) in [7, 11) is 0. The fourth-order valence-corrected chi connectivity index (χ4v) is 2.36. The van der Waals surface area contributed by atoms with Gasteiger partial charge in [-0.2, -0.15) is 0 Å². The average molecular weight is 269 g/mol. The maximum absolute atomic E-state index is 12.4. The van der Waals surface area contributed by atoms with Crippen LogP contribution in [-0.2, 0) is 4.79 Å². The number of aromatic amines is 1. The number of anilines is 1. The molecule has 0 radical (unpaired) electrons. The van der Waals surface area contributed by atoms with Crippen LogP contribution in [0.15, 0.2) is 47.4 Å². The Labute approximate surface area is 116 Å². The van der Waals surface area contributed by atoms with E-state index in [1.165, 1.54) is 12.3 Å². The number of amides is 1. The number of aromatic nitrogens is 2. The first kappa shape index (κ1) is 12.6. The zero-order valence-corrected chi connectivity index (χ0v) is 10.9. The molecule has 1 heterocycles. The summed E-state index contributed by atoms with van der Waals surface area (Å²) < 4.78 is 0. The highest BCUT2D eigenvalue weighted by Gasteiger charge is 2.37. The van der Waals surface area contributed by atoms with Gasteiger partial charge in [-0.25, -0.2) is 4.98 Å². The summed E-state index contributed by atoms with van der Waals surface area (Å²) in [6.45, 7) is 0. The summed E-state index contributed by atoms with van der Waals surface area (Å²) >= 11 is 0. The molecule has 20 heavy (non-hydrogen) atoms. The molecule has 1 aromatic heterocycles. The van der Waals surface area contributed by atoms with E-state index in [-0.39, 0.29) is 23.3 Å². The second kappa shape index (κ2) is 5.28. The van der Waals surface area contributed by atoms with Gasteiger partial charge in [0.2, 0.25) is 11.9 Å². The van der Waals surface area contributed by atoms with Gasteiger partial charge in [0.1, 0.15) is 0 Å². The fraction of sp³-hybridized carbons (Fsp3) is 0.267. The van der Waals surface area contributed by atoms with E-state index in [0.717, 1.165) is 18.4 Å². The lowest BCUT2D eigenvalue weighted by atomic mass is 9.93. The summed E-state index contributed by atoms with van der Waals surface area (Å²) in [5.74, 6) is 0.284. The lowest BCUT2D eigenvalue weighted by Crippen LogP contribution is -2.25. The number of carbonyl (C=O) groups excluding carboxylic acids is 1. The minimum Gasteiger partial charge on any atom is -0.296 e. The molecule has 1 aliphatic rings. The Morgan fingerprint density at radius 2 is 2.00 bits per heavy atom. The van der Waals surface area contributed by atoms with Crippen molar-refractivity contribution in [2.45, 2.75) is 18.8 Å². The Morgan fingerprint density at radius 3 is 2.65 bits per heavy atom. The summed E-state index contributed by atoms with van der Waals surface area (Å²) in [4.78, 5) is 30.1. The number of hydrogen-bond acceptors (Lipinski definition) is 3. The van der Waals surface area contributed by atoms with Gasteiger partial charge >= 0.3 is 0 Å². The minimum atomic E-state index is -0.280. The maximum Gasteiger partial charge on any atom is 0.252 e. The standard InChI is InChI=1S/C15H15N3O2/c19-12-8-9-16-15(17-12)18-14(20)13(11-6-7-11)10-4-2-1-3-5-10/h1-5,8-9,11,13H,6-7H2,(H2,16,17,18,19,20). The molecule has 1 aromatic carbocycles. The lowest BCUT2D eigenvalue weighted by molar-refractivity contribution is -0.118. The van der Waals surface area contributed by atoms with Gasteiger partial charge in [0, 0.05) is 12.3 Å². The largest absolute Gasteiger partial charge is 0.296 e. The summed E-state index contributed by atoms with van der Waals surface area (Å²) in [6.07, 6.45) is 3.50. The zero-order chi connectivity index (χ0) is 13.9. The third-order valence-electron chi connectivity index (χ3n) is 3.45. The van der Waals surface area contributed by atoms with E-state index in [0.29, 0.717) is 5.92 Å². The molecule has 1 atom stereocenters. The molecule has 2 aromatic rings. The number of H-pyrrole nitrogens is 1. The third-order valence-corrected chi connectivity index (χ3v) is 3.45. The molecule has 0 aliphatic heterocycles. The number of carbonyl (C=O) groups is 1. The van der Waals surface area contributed by atoms with Gasteiger partial charge in [0.25, 0.3) is 5.56 Å². The Bertz CT molecular complexity index is 662. The lowest BCUT2D eigenvalue weighted by Gasteiger charge is -2.15. The monoisotopic (exact) mass is 269 g/mol. The number of hydrogen-bond donors (Lipinski definition) is 2. The van der Waals surface area contributed by atoms with Gasteiger partial charge in [-0.15, -0.1) is 0 Å². The number of rotatable bonds is 4. The molecule has 1 aliphatic carbocycles. The highest BCUT2D eigenvalue weighted by Crippen LogP contribution is 2.43. The molecular formula is C15H15N3O2. The van der Waals surface area contributed by atoms with Crippen LogP contribution in [0.2, 0.25) is 0 Å². The first-order valence-electron chi connectivity index (χ1n) is 6.65.